The van der Waals surface area contributed by atoms with E-state index >= 15 is 0 Å². The third kappa shape index (κ3) is 4.79. The summed E-state index contributed by atoms with van der Waals surface area (Å²) in [6, 6.07) is 11.0. The molecular formula is C21H25N3O4. The molecule has 1 aliphatic rings. The van der Waals surface area contributed by atoms with E-state index < -0.39 is 5.97 Å². The molecule has 2 N–H and O–H groups in total. The summed E-state index contributed by atoms with van der Waals surface area (Å²) >= 11 is 0. The summed E-state index contributed by atoms with van der Waals surface area (Å²) in [6.07, 6.45) is 4.21. The summed E-state index contributed by atoms with van der Waals surface area (Å²) in [6.45, 7) is 1.25. The minimum absolute atomic E-state index is 0.0921. The second-order valence-corrected chi connectivity index (χ2v) is 6.92. The van der Waals surface area contributed by atoms with E-state index in [4.69, 9.17) is 9.84 Å². The normalized spacial score (nSPS) is 16.5. The number of aliphatic carboxylic acids is 1. The quantitative estimate of drug-likeness (QED) is 0.760. The number of hydrogen-bond donors (Lipinski definition) is 2. The van der Waals surface area contributed by atoms with E-state index in [2.05, 4.69) is 10.3 Å². The number of likely N-dealkylation sites (tertiary alicyclic amines) is 1. The van der Waals surface area contributed by atoms with Gasteiger partial charge in [-0.2, -0.15) is 0 Å². The lowest BCUT2D eigenvalue weighted by molar-refractivity contribution is -0.137. The molecule has 7 nitrogen and oxygen atoms in total. The van der Waals surface area contributed by atoms with Crippen LogP contribution in [0.1, 0.15) is 36.0 Å². The zero-order valence-electron chi connectivity index (χ0n) is 15.9. The number of carboxylic acids is 1. The number of nitrogens with one attached hydrogen (secondary N) is 1. The van der Waals surface area contributed by atoms with Gasteiger partial charge < -0.3 is 20.1 Å². The first-order chi connectivity index (χ1) is 13.6. The maximum absolute atomic E-state index is 13.1. The van der Waals surface area contributed by atoms with Crippen molar-refractivity contribution in [2.75, 3.05) is 25.5 Å². The number of amides is 1. The third-order valence-corrected chi connectivity index (χ3v) is 4.97. The lowest BCUT2D eigenvalue weighted by atomic mass is 9.93. The fourth-order valence-corrected chi connectivity index (χ4v) is 3.54. The lowest BCUT2D eigenvalue weighted by Gasteiger charge is -2.33. The van der Waals surface area contributed by atoms with E-state index in [1.54, 1.807) is 30.3 Å². The Labute approximate surface area is 164 Å². The number of carboxylic acid groups (broad SMARTS) is 1. The molecule has 148 valence electrons. The Kier molecular flexibility index (Phi) is 6.47. The van der Waals surface area contributed by atoms with Crippen molar-refractivity contribution in [2.45, 2.75) is 25.7 Å². The van der Waals surface area contributed by atoms with E-state index in [-0.39, 0.29) is 18.2 Å². The van der Waals surface area contributed by atoms with Gasteiger partial charge in [0.2, 0.25) is 0 Å². The van der Waals surface area contributed by atoms with Crippen LogP contribution in [0, 0.1) is 5.92 Å². The predicted octanol–water partition coefficient (Wildman–Crippen LogP) is 3.55. The van der Waals surface area contributed by atoms with Gasteiger partial charge in [-0.3, -0.25) is 9.59 Å². The van der Waals surface area contributed by atoms with Crippen LogP contribution in [0.5, 0.6) is 5.75 Å². The zero-order chi connectivity index (χ0) is 19.9. The van der Waals surface area contributed by atoms with Gasteiger partial charge in [0.15, 0.2) is 0 Å². The van der Waals surface area contributed by atoms with Crippen molar-refractivity contribution in [1.82, 2.24) is 9.88 Å². The number of hydrogen-bond acceptors (Lipinski definition) is 5. The van der Waals surface area contributed by atoms with Crippen LogP contribution >= 0.6 is 0 Å². The number of benzene rings is 1. The monoisotopic (exact) mass is 383 g/mol. The number of piperidine rings is 1. The highest BCUT2D eigenvalue weighted by Gasteiger charge is 2.26. The Morgan fingerprint density at radius 2 is 2.11 bits per heavy atom. The first kappa shape index (κ1) is 19.7. The van der Waals surface area contributed by atoms with E-state index in [1.165, 1.54) is 0 Å². The molecule has 2 aromatic rings. The Hall–Kier alpha value is -3.09. The molecule has 0 aliphatic carbocycles. The molecule has 0 bridgehead atoms. The summed E-state index contributed by atoms with van der Waals surface area (Å²) in [4.78, 5) is 30.1. The van der Waals surface area contributed by atoms with Gasteiger partial charge in [0.25, 0.3) is 5.91 Å². The number of ether oxygens (including phenoxy) is 1. The van der Waals surface area contributed by atoms with Crippen LogP contribution in [0.2, 0.25) is 0 Å². The Bertz CT molecular complexity index is 840. The molecule has 0 spiro atoms. The van der Waals surface area contributed by atoms with Gasteiger partial charge in [0, 0.05) is 25.7 Å². The van der Waals surface area contributed by atoms with Crippen molar-refractivity contribution < 1.29 is 19.4 Å². The van der Waals surface area contributed by atoms with Crippen LogP contribution in [0.25, 0.3) is 0 Å². The summed E-state index contributed by atoms with van der Waals surface area (Å²) in [5.74, 6) is 0.476. The van der Waals surface area contributed by atoms with E-state index in [9.17, 15) is 9.59 Å². The molecular weight excluding hydrogens is 358 g/mol. The maximum atomic E-state index is 13.1. The lowest BCUT2D eigenvalue weighted by Crippen LogP contribution is -2.40. The maximum Gasteiger partial charge on any atom is 0.303 e. The van der Waals surface area contributed by atoms with Crippen molar-refractivity contribution in [2.24, 2.45) is 5.92 Å². The molecule has 1 fully saturated rings. The average molecular weight is 383 g/mol. The molecule has 1 aromatic carbocycles. The van der Waals surface area contributed by atoms with Crippen LogP contribution in [0.15, 0.2) is 42.6 Å². The van der Waals surface area contributed by atoms with Gasteiger partial charge in [-0.05, 0) is 49.4 Å². The number of para-hydroxylation sites is 2. The Balaban J connectivity index is 1.76. The molecule has 2 heterocycles. The highest BCUT2D eigenvalue weighted by atomic mass is 16.5. The molecule has 28 heavy (non-hydrogen) atoms. The second kappa shape index (κ2) is 9.21. The van der Waals surface area contributed by atoms with Gasteiger partial charge in [-0.1, -0.05) is 12.1 Å². The first-order valence-electron chi connectivity index (χ1n) is 9.44. The van der Waals surface area contributed by atoms with Gasteiger partial charge in [-0.25, -0.2) is 4.98 Å². The number of pyridine rings is 1. The molecule has 0 saturated carbocycles. The van der Waals surface area contributed by atoms with Crippen molar-refractivity contribution in [1.29, 1.82) is 0 Å². The van der Waals surface area contributed by atoms with Gasteiger partial charge in [-0.15, -0.1) is 0 Å². The highest BCUT2D eigenvalue weighted by Crippen LogP contribution is 2.29. The minimum atomic E-state index is -0.793. The van der Waals surface area contributed by atoms with Crippen molar-refractivity contribution in [3.63, 3.8) is 0 Å². The van der Waals surface area contributed by atoms with Crippen LogP contribution in [-0.2, 0) is 4.79 Å². The fourth-order valence-electron chi connectivity index (χ4n) is 3.54. The average Bonchev–Trinajstić information content (AvgIpc) is 2.73. The van der Waals surface area contributed by atoms with E-state index in [0.29, 0.717) is 36.6 Å². The molecule has 7 heteroatoms. The molecule has 1 atom stereocenters. The van der Waals surface area contributed by atoms with E-state index in [1.807, 2.05) is 24.3 Å². The predicted molar refractivity (Wildman–Crippen MR) is 106 cm³/mol. The molecule has 1 aliphatic heterocycles. The zero-order valence-corrected chi connectivity index (χ0v) is 15.9. The summed E-state index contributed by atoms with van der Waals surface area (Å²) in [7, 11) is 1.59. The number of carbonyl (C=O) groups excluding carboxylic acids is 1. The molecule has 1 saturated heterocycles. The number of aromatic nitrogens is 1. The molecule has 1 unspecified atom stereocenters. The van der Waals surface area contributed by atoms with E-state index in [0.717, 1.165) is 18.5 Å². The first-order valence-corrected chi connectivity index (χ1v) is 9.44. The largest absolute Gasteiger partial charge is 0.495 e. The highest BCUT2D eigenvalue weighted by molar-refractivity contribution is 5.99. The SMILES string of the molecule is COc1ccccc1Nc1ncccc1C(=O)N1CCCC(CCC(=O)O)C1. The minimum Gasteiger partial charge on any atom is -0.495 e. The Morgan fingerprint density at radius 1 is 1.29 bits per heavy atom. The third-order valence-electron chi connectivity index (χ3n) is 4.97. The fraction of sp³-hybridized carbons (Fsp3) is 0.381. The molecule has 3 rings (SSSR count). The summed E-state index contributed by atoms with van der Waals surface area (Å²) in [5.41, 5.74) is 1.23. The second-order valence-electron chi connectivity index (χ2n) is 6.92. The van der Waals surface area contributed by atoms with Crippen LogP contribution < -0.4 is 10.1 Å². The van der Waals surface area contributed by atoms with Crippen LogP contribution in [0.3, 0.4) is 0 Å². The van der Waals surface area contributed by atoms with Gasteiger partial charge in [0.1, 0.15) is 11.6 Å². The Morgan fingerprint density at radius 3 is 2.89 bits per heavy atom. The van der Waals surface area contributed by atoms with Crippen molar-refractivity contribution >= 4 is 23.4 Å². The van der Waals surface area contributed by atoms with Gasteiger partial charge in [0.05, 0.1) is 18.4 Å². The molecule has 1 amide bonds. The number of carbonyl (C=O) groups is 2. The van der Waals surface area contributed by atoms with Crippen LogP contribution in [-0.4, -0.2) is 47.1 Å². The number of rotatable bonds is 7. The number of nitrogens with zero attached hydrogens (tertiary/aromatic N) is 2. The standard InChI is InChI=1S/C21H25N3O4/c1-28-18-9-3-2-8-17(18)23-20-16(7-4-12-22-20)21(27)24-13-5-6-15(14-24)10-11-19(25)26/h2-4,7-9,12,15H,5-6,10-11,13-14H2,1H3,(H,22,23)(H,25,26). The number of anilines is 2. The summed E-state index contributed by atoms with van der Waals surface area (Å²) < 4.78 is 5.36. The number of methoxy groups -OCH3 is 1. The topological polar surface area (TPSA) is 91.8 Å². The smallest absolute Gasteiger partial charge is 0.303 e. The van der Waals surface area contributed by atoms with Crippen LogP contribution in [0.4, 0.5) is 11.5 Å². The molecule has 1 aromatic heterocycles. The summed E-state index contributed by atoms with van der Waals surface area (Å²) in [5, 5.41) is 12.1. The van der Waals surface area contributed by atoms with Crippen molar-refractivity contribution in [3.8, 4) is 5.75 Å². The van der Waals surface area contributed by atoms with Gasteiger partial charge >= 0.3 is 5.97 Å². The van der Waals surface area contributed by atoms with Crippen molar-refractivity contribution in [3.05, 3.63) is 48.2 Å². The molecule has 0 radical (unpaired) electrons.